The van der Waals surface area contributed by atoms with Crippen molar-refractivity contribution in [2.24, 2.45) is 0 Å². The van der Waals surface area contributed by atoms with Crippen LogP contribution in [-0.2, 0) is 9.67 Å². The molecule has 6 heteroatoms. The molecule has 0 saturated carbocycles. The van der Waals surface area contributed by atoms with E-state index in [4.69, 9.17) is 23.2 Å². The fourth-order valence-corrected chi connectivity index (χ4v) is 5.85. The van der Waals surface area contributed by atoms with Gasteiger partial charge in [-0.2, -0.15) is 0 Å². The summed E-state index contributed by atoms with van der Waals surface area (Å²) in [5.74, 6) is 3.11. The van der Waals surface area contributed by atoms with E-state index in [1.807, 2.05) is 100 Å². The molecule has 1 aliphatic heterocycles. The van der Waals surface area contributed by atoms with Crippen LogP contribution in [0.1, 0.15) is 21.9 Å². The number of thioether (sulfide) groups is 1. The molecule has 30 heavy (non-hydrogen) atoms. The summed E-state index contributed by atoms with van der Waals surface area (Å²) >= 11 is 16.2. The highest BCUT2D eigenvalue weighted by Gasteiger charge is 2.54. The Kier molecular flexibility index (Phi) is 6.64. The van der Waals surface area contributed by atoms with Crippen LogP contribution >= 0.6 is 57.6 Å². The summed E-state index contributed by atoms with van der Waals surface area (Å²) in [6, 6.07) is 25.5. The maximum Gasteiger partial charge on any atom is 0.242 e. The summed E-state index contributed by atoms with van der Waals surface area (Å²) in [5.41, 5.74) is 2.86. The first kappa shape index (κ1) is 21.6. The number of halogens is 3. The third-order valence-electron chi connectivity index (χ3n) is 5.04. The molecule has 0 radical (unpaired) electrons. The molecule has 1 saturated heterocycles. The largest absolute Gasteiger partial charge is 0.307 e. The predicted molar refractivity (Wildman–Crippen MR) is 134 cm³/mol. The number of benzene rings is 3. The predicted octanol–water partition coefficient (Wildman–Crippen LogP) is 6.91. The Morgan fingerprint density at radius 3 is 2.23 bits per heavy atom. The zero-order chi connectivity index (χ0) is 21.1. The van der Waals surface area contributed by atoms with E-state index in [1.54, 1.807) is 17.8 Å². The minimum Gasteiger partial charge on any atom is -0.307 e. The van der Waals surface area contributed by atoms with Crippen molar-refractivity contribution in [2.45, 2.75) is 10.1 Å². The van der Waals surface area contributed by atoms with Crippen LogP contribution in [0.3, 0.4) is 0 Å². The summed E-state index contributed by atoms with van der Waals surface area (Å²) in [5, 5.41) is 0.591. The number of rotatable bonds is 4. The molecule has 3 aromatic rings. The molecule has 0 aromatic heterocycles. The Morgan fingerprint density at radius 1 is 0.933 bits per heavy atom. The van der Waals surface area contributed by atoms with E-state index in [0.29, 0.717) is 16.6 Å². The lowest BCUT2D eigenvalue weighted by Gasteiger charge is -2.37. The second-order valence-corrected chi connectivity index (χ2v) is 9.39. The first-order valence-electron chi connectivity index (χ1n) is 9.21. The molecule has 1 amide bonds. The maximum atomic E-state index is 13.7. The van der Waals surface area contributed by atoms with Gasteiger partial charge in [0.2, 0.25) is 5.91 Å². The van der Waals surface area contributed by atoms with Gasteiger partial charge < -0.3 is 4.90 Å². The molecule has 3 aromatic carbocycles. The van der Waals surface area contributed by atoms with Gasteiger partial charge >= 0.3 is 0 Å². The second-order valence-electron chi connectivity index (χ2n) is 6.74. The molecule has 0 N–H and O–H groups in total. The van der Waals surface area contributed by atoms with Gasteiger partial charge in [0.25, 0.3) is 0 Å². The van der Waals surface area contributed by atoms with Crippen LogP contribution in [0.25, 0.3) is 0 Å². The van der Waals surface area contributed by atoms with E-state index < -0.39 is 4.87 Å². The molecule has 0 bridgehead atoms. The normalized spacial score (nSPS) is 20.7. The Hall–Kier alpha value is -1.65. The molecule has 2 atom stereocenters. The fraction of sp³-hybridized carbons (Fsp3) is 0.125. The molecule has 4 rings (SSSR count). The number of hydrogen-bond donors (Lipinski definition) is 0. The van der Waals surface area contributed by atoms with Crippen molar-refractivity contribution in [3.05, 3.63) is 106 Å². The Labute approximate surface area is 204 Å². The average Bonchev–Trinajstić information content (AvgIpc) is 3.08. The third-order valence-corrected chi connectivity index (χ3v) is 7.90. The van der Waals surface area contributed by atoms with Crippen LogP contribution in [0.2, 0.25) is 10.0 Å². The van der Waals surface area contributed by atoms with Gasteiger partial charge in [0.05, 0.1) is 16.6 Å². The van der Waals surface area contributed by atoms with Crippen LogP contribution in [0.4, 0.5) is 0 Å². The Morgan fingerprint density at radius 2 is 1.60 bits per heavy atom. The van der Waals surface area contributed by atoms with Crippen molar-refractivity contribution >= 4 is 63.5 Å². The minimum atomic E-state index is -0.770. The standard InChI is InChI=1S/C24H16Cl2INOS/c25-20-13-12-19(16-21(20)26)24(18-10-5-2-6-11-18)28(15-7-14-27)23(29)22(30-24)17-8-3-1-4-9-17/h1-6,8-13,16,22H,15H2. The topological polar surface area (TPSA) is 20.3 Å². The van der Waals surface area contributed by atoms with Gasteiger partial charge in [0.15, 0.2) is 0 Å². The number of hydrogen-bond acceptors (Lipinski definition) is 2. The first-order chi connectivity index (χ1) is 14.6. The lowest BCUT2D eigenvalue weighted by molar-refractivity contribution is -0.131. The van der Waals surface area contributed by atoms with Crippen molar-refractivity contribution in [1.29, 1.82) is 0 Å². The lowest BCUT2D eigenvalue weighted by atomic mass is 9.95. The highest BCUT2D eigenvalue weighted by Crippen LogP contribution is 2.58. The molecule has 0 aliphatic carbocycles. The van der Waals surface area contributed by atoms with Gasteiger partial charge in [-0.05, 0) is 32.8 Å². The van der Waals surface area contributed by atoms with Crippen LogP contribution in [0.5, 0.6) is 0 Å². The van der Waals surface area contributed by atoms with E-state index in [1.165, 1.54) is 0 Å². The number of nitrogens with zero attached hydrogens (tertiary/aromatic N) is 1. The van der Waals surface area contributed by atoms with Crippen molar-refractivity contribution < 1.29 is 4.79 Å². The van der Waals surface area contributed by atoms with Crippen molar-refractivity contribution in [3.8, 4) is 9.85 Å². The van der Waals surface area contributed by atoms with Gasteiger partial charge in [0, 0.05) is 22.6 Å². The Balaban J connectivity index is 1.96. The molecule has 1 aliphatic rings. The van der Waals surface area contributed by atoms with E-state index in [2.05, 4.69) is 9.85 Å². The highest BCUT2D eigenvalue weighted by molar-refractivity contribution is 14.1. The van der Waals surface area contributed by atoms with Crippen molar-refractivity contribution in [2.75, 3.05) is 6.54 Å². The summed E-state index contributed by atoms with van der Waals surface area (Å²) < 4.78 is 2.90. The molecule has 0 spiro atoms. The number of carbonyl (C=O) groups is 1. The average molecular weight is 564 g/mol. The second kappa shape index (κ2) is 9.23. The van der Waals surface area contributed by atoms with Crippen LogP contribution < -0.4 is 0 Å². The molecule has 150 valence electrons. The smallest absolute Gasteiger partial charge is 0.242 e. The zero-order valence-electron chi connectivity index (χ0n) is 15.7. The van der Waals surface area contributed by atoms with Crippen molar-refractivity contribution in [3.63, 3.8) is 0 Å². The molecule has 2 nitrogen and oxygen atoms in total. The molecule has 2 unspecified atom stereocenters. The van der Waals surface area contributed by atoms with Crippen LogP contribution in [0.15, 0.2) is 78.9 Å². The van der Waals surface area contributed by atoms with Gasteiger partial charge in [-0.3, -0.25) is 4.79 Å². The SMILES string of the molecule is O=C1C(c2ccccc2)SC(c2ccccc2)(c2ccc(Cl)c(Cl)c2)N1CC#CI. The number of amides is 1. The zero-order valence-corrected chi connectivity index (χ0v) is 20.2. The Bertz CT molecular complexity index is 1130. The van der Waals surface area contributed by atoms with Crippen LogP contribution in [-0.4, -0.2) is 17.4 Å². The molecular formula is C24H16Cl2INOS. The van der Waals surface area contributed by atoms with Crippen molar-refractivity contribution in [1.82, 2.24) is 4.90 Å². The van der Waals surface area contributed by atoms with E-state index in [0.717, 1.165) is 16.7 Å². The summed E-state index contributed by atoms with van der Waals surface area (Å²) in [7, 11) is 0. The quantitative estimate of drug-likeness (QED) is 0.254. The number of carbonyl (C=O) groups excluding carboxylic acids is 1. The molecule has 1 fully saturated rings. The minimum absolute atomic E-state index is 0.0280. The molecular weight excluding hydrogens is 548 g/mol. The summed E-state index contributed by atoms with van der Waals surface area (Å²) in [4.78, 5) is 14.8. The van der Waals surface area contributed by atoms with Gasteiger partial charge in [0.1, 0.15) is 10.1 Å². The van der Waals surface area contributed by atoms with Crippen LogP contribution in [0, 0.1) is 9.85 Å². The third kappa shape index (κ3) is 3.85. The van der Waals surface area contributed by atoms with Gasteiger partial charge in [-0.25, -0.2) is 0 Å². The molecule has 1 heterocycles. The lowest BCUT2D eigenvalue weighted by Crippen LogP contribution is -2.43. The first-order valence-corrected chi connectivity index (χ1v) is 11.9. The monoisotopic (exact) mass is 563 g/mol. The van der Waals surface area contributed by atoms with E-state index in [-0.39, 0.29) is 11.2 Å². The van der Waals surface area contributed by atoms with Gasteiger partial charge in [-0.15, -0.1) is 11.8 Å². The van der Waals surface area contributed by atoms with E-state index >= 15 is 0 Å². The fourth-order valence-electron chi connectivity index (χ4n) is 3.70. The summed E-state index contributed by atoms with van der Waals surface area (Å²) in [6.45, 7) is 0.313. The van der Waals surface area contributed by atoms with Gasteiger partial charge in [-0.1, -0.05) is 95.9 Å². The van der Waals surface area contributed by atoms with E-state index in [9.17, 15) is 4.79 Å². The maximum absolute atomic E-state index is 13.7. The highest BCUT2D eigenvalue weighted by atomic mass is 127. The summed E-state index contributed by atoms with van der Waals surface area (Å²) in [6.07, 6.45) is 0.